The average Bonchev–Trinajstić information content (AvgIpc) is 2.15. The lowest BCUT2D eigenvalue weighted by Gasteiger charge is -2.31. The van der Waals surface area contributed by atoms with E-state index in [9.17, 15) is 13.6 Å². The number of piperidine rings is 1. The second-order valence-corrected chi connectivity index (χ2v) is 3.54. The van der Waals surface area contributed by atoms with Crippen molar-refractivity contribution in [1.82, 2.24) is 5.32 Å². The van der Waals surface area contributed by atoms with Gasteiger partial charge in [-0.05, 0) is 19.4 Å². The summed E-state index contributed by atoms with van der Waals surface area (Å²) in [7, 11) is 1.27. The smallest absolute Gasteiger partial charge is 0.305 e. The average molecular weight is 207 g/mol. The van der Waals surface area contributed by atoms with Gasteiger partial charge in [-0.15, -0.1) is 0 Å². The minimum absolute atomic E-state index is 0.0801. The largest absolute Gasteiger partial charge is 0.469 e. The Bertz CT molecular complexity index is 209. The second-order valence-electron chi connectivity index (χ2n) is 3.54. The zero-order valence-electron chi connectivity index (χ0n) is 8.19. The predicted octanol–water partition coefficient (Wildman–Crippen LogP) is 1.18. The van der Waals surface area contributed by atoms with E-state index in [0.29, 0.717) is 13.0 Å². The lowest BCUT2D eigenvalue weighted by molar-refractivity contribution is -0.142. The van der Waals surface area contributed by atoms with Crippen LogP contribution >= 0.6 is 0 Å². The number of hydrogen-bond donors (Lipinski definition) is 1. The van der Waals surface area contributed by atoms with Gasteiger partial charge in [-0.1, -0.05) is 0 Å². The summed E-state index contributed by atoms with van der Waals surface area (Å²) in [6, 6.07) is 0. The van der Waals surface area contributed by atoms with Crippen molar-refractivity contribution >= 4 is 5.97 Å². The Morgan fingerprint density at radius 1 is 1.64 bits per heavy atom. The molecule has 0 saturated carbocycles. The SMILES string of the molecule is COC(=O)CCC1CCNCC1(F)F. The van der Waals surface area contributed by atoms with Crippen LogP contribution in [0.4, 0.5) is 8.78 Å². The van der Waals surface area contributed by atoms with E-state index in [-0.39, 0.29) is 19.4 Å². The molecule has 0 spiro atoms. The number of carbonyl (C=O) groups excluding carboxylic acids is 1. The highest BCUT2D eigenvalue weighted by atomic mass is 19.3. The highest BCUT2D eigenvalue weighted by Crippen LogP contribution is 2.32. The Morgan fingerprint density at radius 3 is 2.93 bits per heavy atom. The molecule has 0 aliphatic carbocycles. The Morgan fingerprint density at radius 2 is 2.36 bits per heavy atom. The Balaban J connectivity index is 2.38. The third kappa shape index (κ3) is 2.90. The first-order valence-corrected chi connectivity index (χ1v) is 4.71. The topological polar surface area (TPSA) is 38.3 Å². The highest BCUT2D eigenvalue weighted by Gasteiger charge is 2.41. The molecular weight excluding hydrogens is 192 g/mol. The fourth-order valence-electron chi connectivity index (χ4n) is 1.64. The number of nitrogens with one attached hydrogen (secondary N) is 1. The standard InChI is InChI=1S/C9H15F2NO2/c1-14-8(13)3-2-7-4-5-12-6-9(7,10)11/h7,12H,2-6H2,1H3. The van der Waals surface area contributed by atoms with E-state index in [2.05, 4.69) is 10.1 Å². The number of carbonyl (C=O) groups is 1. The lowest BCUT2D eigenvalue weighted by Crippen LogP contribution is -2.46. The van der Waals surface area contributed by atoms with Gasteiger partial charge >= 0.3 is 5.97 Å². The maximum Gasteiger partial charge on any atom is 0.305 e. The molecule has 0 radical (unpaired) electrons. The molecule has 3 nitrogen and oxygen atoms in total. The summed E-state index contributed by atoms with van der Waals surface area (Å²) >= 11 is 0. The first kappa shape index (κ1) is 11.4. The van der Waals surface area contributed by atoms with Gasteiger partial charge in [0.2, 0.25) is 0 Å². The first-order chi connectivity index (χ1) is 6.56. The van der Waals surface area contributed by atoms with E-state index in [4.69, 9.17) is 0 Å². The van der Waals surface area contributed by atoms with Gasteiger partial charge in [-0.2, -0.15) is 0 Å². The molecule has 0 aromatic carbocycles. The van der Waals surface area contributed by atoms with Gasteiger partial charge in [0.25, 0.3) is 5.92 Å². The number of alkyl halides is 2. The van der Waals surface area contributed by atoms with Crippen molar-refractivity contribution in [1.29, 1.82) is 0 Å². The Hall–Kier alpha value is -0.710. The lowest BCUT2D eigenvalue weighted by atomic mass is 9.90. The molecule has 82 valence electrons. The molecule has 0 aromatic rings. The van der Waals surface area contributed by atoms with E-state index >= 15 is 0 Å². The van der Waals surface area contributed by atoms with Crippen molar-refractivity contribution < 1.29 is 18.3 Å². The van der Waals surface area contributed by atoms with Gasteiger partial charge < -0.3 is 10.1 Å². The van der Waals surface area contributed by atoms with E-state index in [1.54, 1.807) is 0 Å². The molecule has 0 aromatic heterocycles. The number of halogens is 2. The molecule has 0 bridgehead atoms. The van der Waals surface area contributed by atoms with Crippen LogP contribution in [-0.2, 0) is 9.53 Å². The number of rotatable bonds is 3. The zero-order chi connectivity index (χ0) is 10.6. The third-order valence-electron chi connectivity index (χ3n) is 2.55. The summed E-state index contributed by atoms with van der Waals surface area (Å²) < 4.78 is 30.8. The summed E-state index contributed by atoms with van der Waals surface area (Å²) in [4.78, 5) is 10.8. The van der Waals surface area contributed by atoms with Gasteiger partial charge in [0.05, 0.1) is 13.7 Å². The summed E-state index contributed by atoms with van der Waals surface area (Å²) in [6.45, 7) is 0.320. The van der Waals surface area contributed by atoms with Crippen LogP contribution in [0.15, 0.2) is 0 Å². The fourth-order valence-corrected chi connectivity index (χ4v) is 1.64. The van der Waals surface area contributed by atoms with Crippen LogP contribution in [-0.4, -0.2) is 32.1 Å². The molecule has 1 aliphatic rings. The number of hydrogen-bond acceptors (Lipinski definition) is 3. The molecular formula is C9H15F2NO2. The molecule has 1 saturated heterocycles. The summed E-state index contributed by atoms with van der Waals surface area (Å²) in [5.74, 6) is -3.80. The van der Waals surface area contributed by atoms with Gasteiger partial charge in [-0.3, -0.25) is 4.79 Å². The number of ether oxygens (including phenoxy) is 1. The van der Waals surface area contributed by atoms with Crippen LogP contribution in [0.3, 0.4) is 0 Å². The van der Waals surface area contributed by atoms with Crippen molar-refractivity contribution in [2.45, 2.75) is 25.2 Å². The van der Waals surface area contributed by atoms with E-state index < -0.39 is 17.8 Å². The Labute approximate surface area is 81.8 Å². The molecule has 1 fully saturated rings. The van der Waals surface area contributed by atoms with Crippen LogP contribution in [0, 0.1) is 5.92 Å². The van der Waals surface area contributed by atoms with Crippen molar-refractivity contribution in [2.75, 3.05) is 20.2 Å². The molecule has 1 N–H and O–H groups in total. The number of esters is 1. The fraction of sp³-hybridized carbons (Fsp3) is 0.889. The minimum Gasteiger partial charge on any atom is -0.469 e. The molecule has 1 atom stereocenters. The third-order valence-corrected chi connectivity index (χ3v) is 2.55. The van der Waals surface area contributed by atoms with Gasteiger partial charge in [-0.25, -0.2) is 8.78 Å². The van der Waals surface area contributed by atoms with Crippen LogP contribution in [0.25, 0.3) is 0 Å². The van der Waals surface area contributed by atoms with Crippen molar-refractivity contribution in [2.24, 2.45) is 5.92 Å². The highest BCUT2D eigenvalue weighted by molar-refractivity contribution is 5.69. The van der Waals surface area contributed by atoms with Crippen LogP contribution in [0.2, 0.25) is 0 Å². The van der Waals surface area contributed by atoms with Crippen molar-refractivity contribution in [3.63, 3.8) is 0 Å². The molecule has 14 heavy (non-hydrogen) atoms. The maximum atomic E-state index is 13.2. The van der Waals surface area contributed by atoms with Gasteiger partial charge in [0.15, 0.2) is 0 Å². The quantitative estimate of drug-likeness (QED) is 0.706. The minimum atomic E-state index is -2.69. The van der Waals surface area contributed by atoms with Crippen LogP contribution in [0.1, 0.15) is 19.3 Å². The molecule has 1 rings (SSSR count). The molecule has 5 heteroatoms. The van der Waals surface area contributed by atoms with Crippen LogP contribution < -0.4 is 5.32 Å². The van der Waals surface area contributed by atoms with Gasteiger partial charge in [0, 0.05) is 12.3 Å². The molecule has 0 amide bonds. The first-order valence-electron chi connectivity index (χ1n) is 4.71. The normalized spacial score (nSPS) is 25.8. The summed E-state index contributed by atoms with van der Waals surface area (Å²) in [5.41, 5.74) is 0. The van der Waals surface area contributed by atoms with Gasteiger partial charge in [0.1, 0.15) is 0 Å². The monoisotopic (exact) mass is 207 g/mol. The second kappa shape index (κ2) is 4.68. The maximum absolute atomic E-state index is 13.2. The van der Waals surface area contributed by atoms with E-state index in [1.807, 2.05) is 0 Å². The van der Waals surface area contributed by atoms with Crippen molar-refractivity contribution in [3.8, 4) is 0 Å². The summed E-state index contributed by atoms with van der Waals surface area (Å²) in [5, 5.41) is 2.64. The molecule has 1 aliphatic heterocycles. The predicted molar refractivity (Wildman–Crippen MR) is 47.2 cm³/mol. The molecule has 1 unspecified atom stereocenters. The van der Waals surface area contributed by atoms with E-state index in [1.165, 1.54) is 7.11 Å². The van der Waals surface area contributed by atoms with Crippen LogP contribution in [0.5, 0.6) is 0 Å². The number of methoxy groups -OCH3 is 1. The Kier molecular flexibility index (Phi) is 3.80. The summed E-state index contributed by atoms with van der Waals surface area (Å²) in [6.07, 6.45) is 0.710. The zero-order valence-corrected chi connectivity index (χ0v) is 8.19. The van der Waals surface area contributed by atoms with E-state index in [0.717, 1.165) is 0 Å². The molecule has 1 heterocycles. The van der Waals surface area contributed by atoms with Crippen molar-refractivity contribution in [3.05, 3.63) is 0 Å².